The standard InChI is InChI=1S/C35H41F2N7O4/c1-19(25-12-21(45-3)16-44(25)2)46-27-13-28(47-26-15-40-34(26)17-35(36,37)18-34)42-32(41-27)30-22-7-5-11-33(31(22)48-43-30)10-4-6-20-8-9-24(39)23(14-38)29(20)33/h8-9,13,19,21,25-26,40H,4-7,10-12,15-18,39H2,1-3H3/t19-,21+,25-,26+,33+/m0/s1. The molecule has 0 radical (unpaired) electrons. The number of benzene rings is 1. The van der Waals surface area contributed by atoms with E-state index in [0.717, 1.165) is 67.5 Å². The first-order chi connectivity index (χ1) is 23.0. The number of rotatable bonds is 7. The zero-order chi connectivity index (χ0) is 33.4. The summed E-state index contributed by atoms with van der Waals surface area (Å²) in [5.41, 5.74) is 9.47. The minimum atomic E-state index is -2.70. The lowest BCUT2D eigenvalue weighted by atomic mass is 9.61. The van der Waals surface area contributed by atoms with E-state index in [4.69, 9.17) is 34.4 Å². The number of hydrogen-bond acceptors (Lipinski definition) is 11. The fraction of sp³-hybridized carbons (Fsp3) is 0.600. The summed E-state index contributed by atoms with van der Waals surface area (Å²) in [4.78, 5) is 11.8. The molecule has 3 N–H and O–H groups in total. The fourth-order valence-corrected chi connectivity index (χ4v) is 9.09. The van der Waals surface area contributed by atoms with Gasteiger partial charge in [-0.05, 0) is 76.1 Å². The molecule has 0 amide bonds. The van der Waals surface area contributed by atoms with Gasteiger partial charge in [0.05, 0.1) is 28.7 Å². The van der Waals surface area contributed by atoms with Crippen molar-refractivity contribution in [3.05, 3.63) is 46.2 Å². The van der Waals surface area contributed by atoms with E-state index in [1.165, 1.54) is 0 Å². The maximum absolute atomic E-state index is 13.9. The molecule has 2 saturated heterocycles. The van der Waals surface area contributed by atoms with Crippen molar-refractivity contribution in [2.45, 2.75) is 106 Å². The highest BCUT2D eigenvalue weighted by atomic mass is 19.3. The number of nitrogens with two attached hydrogens (primary N) is 1. The second-order valence-corrected chi connectivity index (χ2v) is 14.4. The minimum Gasteiger partial charge on any atom is -0.473 e. The average Bonchev–Trinajstić information content (AvgIpc) is 3.66. The fourth-order valence-electron chi connectivity index (χ4n) is 9.09. The minimum absolute atomic E-state index is 0.0989. The largest absolute Gasteiger partial charge is 0.473 e. The maximum Gasteiger partial charge on any atom is 0.252 e. The summed E-state index contributed by atoms with van der Waals surface area (Å²) in [6.07, 6.45) is 4.69. The van der Waals surface area contributed by atoms with E-state index in [0.29, 0.717) is 35.8 Å². The van der Waals surface area contributed by atoms with Gasteiger partial charge in [0.15, 0.2) is 17.3 Å². The number of nitrogens with one attached hydrogen (secondary N) is 1. The van der Waals surface area contributed by atoms with Crippen LogP contribution in [-0.4, -0.2) is 83.1 Å². The monoisotopic (exact) mass is 661 g/mol. The number of nitriles is 1. The number of fused-ring (bicyclic) bond motifs is 4. The third kappa shape index (κ3) is 4.94. The molecule has 3 aromatic rings. The molecule has 2 spiro atoms. The van der Waals surface area contributed by atoms with Crippen molar-refractivity contribution in [3.8, 4) is 29.3 Å². The predicted molar refractivity (Wildman–Crippen MR) is 171 cm³/mol. The third-order valence-electron chi connectivity index (χ3n) is 11.5. The Morgan fingerprint density at radius 3 is 2.62 bits per heavy atom. The summed E-state index contributed by atoms with van der Waals surface area (Å²) in [6.45, 7) is 3.25. The van der Waals surface area contributed by atoms with Gasteiger partial charge in [0, 0.05) is 50.3 Å². The Balaban J connectivity index is 1.17. The van der Waals surface area contributed by atoms with Crippen LogP contribution >= 0.6 is 0 Å². The summed E-state index contributed by atoms with van der Waals surface area (Å²) >= 11 is 0. The molecule has 13 heteroatoms. The van der Waals surface area contributed by atoms with Crippen LogP contribution in [0.3, 0.4) is 0 Å². The topological polar surface area (TPSA) is 145 Å². The van der Waals surface area contributed by atoms with E-state index in [-0.39, 0.29) is 42.8 Å². The third-order valence-corrected chi connectivity index (χ3v) is 11.5. The van der Waals surface area contributed by atoms with Crippen molar-refractivity contribution in [2.75, 3.05) is 33.0 Å². The molecule has 5 aliphatic rings. The Labute approximate surface area is 278 Å². The van der Waals surface area contributed by atoms with Crippen molar-refractivity contribution >= 4 is 5.69 Å². The van der Waals surface area contributed by atoms with Crippen LogP contribution in [0.1, 0.15) is 79.9 Å². The van der Waals surface area contributed by atoms with Crippen molar-refractivity contribution in [2.24, 2.45) is 0 Å². The number of hydrogen-bond donors (Lipinski definition) is 2. The molecule has 1 aromatic carbocycles. The number of aryl methyl sites for hydroxylation is 1. The lowest BCUT2D eigenvalue weighted by molar-refractivity contribution is -0.193. The number of alkyl halides is 2. The Hall–Kier alpha value is -3.86. The maximum atomic E-state index is 13.9. The van der Waals surface area contributed by atoms with Crippen molar-refractivity contribution in [1.82, 2.24) is 25.3 Å². The molecule has 5 atom stereocenters. The number of methoxy groups -OCH3 is 1. The Kier molecular flexibility index (Phi) is 7.43. The zero-order valence-corrected chi connectivity index (χ0v) is 27.5. The molecule has 8 rings (SSSR count). The van der Waals surface area contributed by atoms with Crippen LogP contribution in [0, 0.1) is 11.3 Å². The van der Waals surface area contributed by atoms with Crippen LogP contribution in [-0.2, 0) is 23.0 Å². The van der Waals surface area contributed by atoms with Gasteiger partial charge < -0.3 is 29.8 Å². The van der Waals surface area contributed by atoms with Crippen LogP contribution in [0.2, 0.25) is 0 Å². The van der Waals surface area contributed by atoms with Crippen LogP contribution in [0.5, 0.6) is 11.8 Å². The summed E-state index contributed by atoms with van der Waals surface area (Å²) in [5, 5.41) is 17.9. The molecule has 48 heavy (non-hydrogen) atoms. The number of halogens is 2. The first-order valence-corrected chi connectivity index (χ1v) is 16.9. The van der Waals surface area contributed by atoms with E-state index in [2.05, 4.69) is 21.4 Å². The molecule has 0 bridgehead atoms. The Morgan fingerprint density at radius 2 is 1.94 bits per heavy atom. The average molecular weight is 662 g/mol. The number of anilines is 1. The van der Waals surface area contributed by atoms with Gasteiger partial charge in [-0.15, -0.1) is 0 Å². The van der Waals surface area contributed by atoms with Crippen LogP contribution in [0.15, 0.2) is 22.7 Å². The highest BCUT2D eigenvalue weighted by Crippen LogP contribution is 2.54. The van der Waals surface area contributed by atoms with Crippen molar-refractivity contribution in [1.29, 1.82) is 5.26 Å². The van der Waals surface area contributed by atoms with E-state index in [1.807, 2.05) is 26.1 Å². The quantitative estimate of drug-likeness (QED) is 0.344. The predicted octanol–water partition coefficient (Wildman–Crippen LogP) is 4.55. The molecule has 4 heterocycles. The number of likely N-dealkylation sites (N-methyl/N-ethyl adjacent to an activating group) is 1. The van der Waals surface area contributed by atoms with Gasteiger partial charge in [0.2, 0.25) is 11.8 Å². The Bertz CT molecular complexity index is 1780. The molecular formula is C35H41F2N7O4. The smallest absolute Gasteiger partial charge is 0.252 e. The first-order valence-electron chi connectivity index (χ1n) is 16.9. The van der Waals surface area contributed by atoms with Crippen LogP contribution in [0.25, 0.3) is 11.5 Å². The number of likely N-dealkylation sites (tertiary alicyclic amines) is 1. The van der Waals surface area contributed by atoms with E-state index >= 15 is 0 Å². The molecule has 2 aliphatic heterocycles. The molecule has 254 valence electrons. The van der Waals surface area contributed by atoms with Crippen LogP contribution < -0.4 is 20.5 Å². The van der Waals surface area contributed by atoms with Gasteiger partial charge in [-0.3, -0.25) is 4.90 Å². The van der Waals surface area contributed by atoms with Crippen molar-refractivity contribution < 1.29 is 27.5 Å². The van der Waals surface area contributed by atoms with E-state index in [9.17, 15) is 14.0 Å². The first kappa shape index (κ1) is 31.4. The van der Waals surface area contributed by atoms with Gasteiger partial charge in [-0.2, -0.15) is 15.2 Å². The summed E-state index contributed by atoms with van der Waals surface area (Å²) in [7, 11) is 3.77. The molecular weight excluding hydrogens is 620 g/mol. The summed E-state index contributed by atoms with van der Waals surface area (Å²) in [6, 6.07) is 7.96. The lowest BCUT2D eigenvalue weighted by Gasteiger charge is -2.58. The second-order valence-electron chi connectivity index (χ2n) is 14.4. The molecule has 2 aromatic heterocycles. The molecule has 3 aliphatic carbocycles. The van der Waals surface area contributed by atoms with Crippen molar-refractivity contribution in [3.63, 3.8) is 0 Å². The van der Waals surface area contributed by atoms with Gasteiger partial charge in [-0.25, -0.2) is 8.78 Å². The summed E-state index contributed by atoms with van der Waals surface area (Å²) in [5.74, 6) is -1.14. The molecule has 0 unspecified atom stereocenters. The van der Waals surface area contributed by atoms with Crippen LogP contribution in [0.4, 0.5) is 14.5 Å². The molecule has 1 saturated carbocycles. The highest BCUT2D eigenvalue weighted by molar-refractivity contribution is 5.67. The van der Waals surface area contributed by atoms with Gasteiger partial charge in [0.1, 0.15) is 18.3 Å². The number of nitrogen functional groups attached to an aromatic ring is 1. The lowest BCUT2D eigenvalue weighted by Crippen LogP contribution is -2.78. The SMILES string of the molecule is CO[C@@H]1C[C@@H]([C@H](C)Oc2cc(O[C@@H]3CNC34CC(F)(F)C4)nc(-c3noc4c3CCC[C@@]43CCCc4ccc(N)c(C#N)c43)n2)N(C)C1. The zero-order valence-electron chi connectivity index (χ0n) is 27.5. The highest BCUT2D eigenvalue weighted by Gasteiger charge is 2.65. The van der Waals surface area contributed by atoms with Gasteiger partial charge >= 0.3 is 0 Å². The number of ether oxygens (including phenoxy) is 3. The molecule has 3 fully saturated rings. The number of aromatic nitrogens is 3. The summed E-state index contributed by atoms with van der Waals surface area (Å²) < 4.78 is 52.5. The van der Waals surface area contributed by atoms with Gasteiger partial charge in [-0.1, -0.05) is 11.2 Å². The second kappa shape index (κ2) is 11.4. The van der Waals surface area contributed by atoms with Gasteiger partial charge in [0.25, 0.3) is 5.92 Å². The Morgan fingerprint density at radius 1 is 1.17 bits per heavy atom. The van der Waals surface area contributed by atoms with E-state index in [1.54, 1.807) is 13.2 Å². The normalized spacial score (nSPS) is 29.0. The number of nitrogens with zero attached hydrogens (tertiary/aromatic N) is 5. The molecule has 11 nitrogen and oxygen atoms in total. The van der Waals surface area contributed by atoms with E-state index < -0.39 is 23.0 Å².